The highest BCUT2D eigenvalue weighted by Crippen LogP contribution is 2.24. The van der Waals surface area contributed by atoms with Gasteiger partial charge in [-0.3, -0.25) is 0 Å². The number of nitrogens with two attached hydrogens (primary N) is 1. The van der Waals surface area contributed by atoms with Gasteiger partial charge in [0.15, 0.2) is 0 Å². The van der Waals surface area contributed by atoms with Crippen LogP contribution in [0, 0.1) is 6.92 Å². The SMILES string of the molecule is C=CCNc1c(N)c(C)nn1C(C)C. The molecule has 1 aromatic heterocycles. The third-order valence-corrected chi connectivity index (χ3v) is 2.03. The van der Waals surface area contributed by atoms with Gasteiger partial charge in [-0.1, -0.05) is 6.08 Å². The summed E-state index contributed by atoms with van der Waals surface area (Å²) in [6.07, 6.45) is 1.80. The van der Waals surface area contributed by atoms with Gasteiger partial charge in [-0.2, -0.15) is 5.10 Å². The fraction of sp³-hybridized carbons (Fsp3) is 0.500. The molecule has 0 atom stereocenters. The van der Waals surface area contributed by atoms with Crippen molar-refractivity contribution >= 4 is 11.5 Å². The van der Waals surface area contributed by atoms with Crippen molar-refractivity contribution in [3.05, 3.63) is 18.3 Å². The fourth-order valence-corrected chi connectivity index (χ4v) is 1.28. The Hall–Kier alpha value is -1.45. The highest BCUT2D eigenvalue weighted by molar-refractivity contribution is 5.65. The molecule has 0 saturated carbocycles. The Kier molecular flexibility index (Phi) is 3.17. The summed E-state index contributed by atoms with van der Waals surface area (Å²) in [4.78, 5) is 0. The van der Waals surface area contributed by atoms with Crippen molar-refractivity contribution in [2.24, 2.45) is 0 Å². The second-order valence-electron chi connectivity index (χ2n) is 3.56. The Morgan fingerprint density at radius 1 is 1.64 bits per heavy atom. The van der Waals surface area contributed by atoms with Gasteiger partial charge >= 0.3 is 0 Å². The minimum atomic E-state index is 0.304. The minimum Gasteiger partial charge on any atom is -0.394 e. The van der Waals surface area contributed by atoms with Crippen molar-refractivity contribution in [2.75, 3.05) is 17.6 Å². The van der Waals surface area contributed by atoms with Crippen molar-refractivity contribution in [1.82, 2.24) is 9.78 Å². The molecule has 1 heterocycles. The van der Waals surface area contributed by atoms with Gasteiger partial charge in [-0.25, -0.2) is 4.68 Å². The molecule has 0 aliphatic rings. The maximum atomic E-state index is 5.90. The van der Waals surface area contributed by atoms with Crippen LogP contribution in [0.5, 0.6) is 0 Å². The molecule has 0 fully saturated rings. The van der Waals surface area contributed by atoms with E-state index in [0.29, 0.717) is 12.6 Å². The molecule has 14 heavy (non-hydrogen) atoms. The largest absolute Gasteiger partial charge is 0.394 e. The predicted molar refractivity (Wildman–Crippen MR) is 60.4 cm³/mol. The average molecular weight is 194 g/mol. The summed E-state index contributed by atoms with van der Waals surface area (Å²) in [5.74, 6) is 0.886. The average Bonchev–Trinajstić information content (AvgIpc) is 2.41. The normalized spacial score (nSPS) is 10.6. The van der Waals surface area contributed by atoms with Gasteiger partial charge in [0, 0.05) is 12.6 Å². The van der Waals surface area contributed by atoms with Crippen LogP contribution in [0.15, 0.2) is 12.7 Å². The van der Waals surface area contributed by atoms with Crippen molar-refractivity contribution in [3.8, 4) is 0 Å². The standard InChI is InChI=1S/C10H18N4/c1-5-6-12-10-9(11)8(4)13-14(10)7(2)3/h5,7,12H,1,6,11H2,2-4H3. The second-order valence-corrected chi connectivity index (χ2v) is 3.56. The first-order chi connectivity index (χ1) is 6.57. The van der Waals surface area contributed by atoms with Crippen LogP contribution >= 0.6 is 0 Å². The molecule has 0 aliphatic heterocycles. The first kappa shape index (κ1) is 10.6. The molecule has 4 nitrogen and oxygen atoms in total. The van der Waals surface area contributed by atoms with Crippen LogP contribution in [0.3, 0.4) is 0 Å². The lowest BCUT2D eigenvalue weighted by molar-refractivity contribution is 0.535. The molecule has 0 radical (unpaired) electrons. The maximum absolute atomic E-state index is 5.90. The number of nitrogen functional groups attached to an aromatic ring is 1. The summed E-state index contributed by atoms with van der Waals surface area (Å²) in [5.41, 5.74) is 7.49. The van der Waals surface area contributed by atoms with Gasteiger partial charge in [0.25, 0.3) is 0 Å². The number of aromatic nitrogens is 2. The van der Waals surface area contributed by atoms with Crippen LogP contribution in [0.25, 0.3) is 0 Å². The van der Waals surface area contributed by atoms with Crippen LogP contribution in [-0.4, -0.2) is 16.3 Å². The topological polar surface area (TPSA) is 55.9 Å². The summed E-state index contributed by atoms with van der Waals surface area (Å²) < 4.78 is 1.90. The number of hydrogen-bond donors (Lipinski definition) is 2. The van der Waals surface area contributed by atoms with Crippen LogP contribution in [-0.2, 0) is 0 Å². The van der Waals surface area contributed by atoms with Crippen molar-refractivity contribution < 1.29 is 0 Å². The Morgan fingerprint density at radius 3 is 2.79 bits per heavy atom. The molecule has 1 rings (SSSR count). The van der Waals surface area contributed by atoms with E-state index in [0.717, 1.165) is 17.2 Å². The van der Waals surface area contributed by atoms with Gasteiger partial charge in [-0.15, -0.1) is 6.58 Å². The Balaban J connectivity index is 3.03. The van der Waals surface area contributed by atoms with Crippen molar-refractivity contribution in [2.45, 2.75) is 26.8 Å². The zero-order chi connectivity index (χ0) is 10.7. The summed E-state index contributed by atoms with van der Waals surface area (Å²) in [5, 5.41) is 7.55. The highest BCUT2D eigenvalue weighted by Gasteiger charge is 2.13. The van der Waals surface area contributed by atoms with E-state index in [1.54, 1.807) is 6.08 Å². The first-order valence-electron chi connectivity index (χ1n) is 4.77. The molecule has 0 bridgehead atoms. The molecule has 78 valence electrons. The number of anilines is 2. The summed E-state index contributed by atoms with van der Waals surface area (Å²) >= 11 is 0. The third-order valence-electron chi connectivity index (χ3n) is 2.03. The van der Waals surface area contributed by atoms with E-state index in [9.17, 15) is 0 Å². The van der Waals surface area contributed by atoms with E-state index in [-0.39, 0.29) is 0 Å². The number of rotatable bonds is 4. The molecule has 0 spiro atoms. The van der Waals surface area contributed by atoms with Crippen LogP contribution < -0.4 is 11.1 Å². The lowest BCUT2D eigenvalue weighted by Crippen LogP contribution is -2.10. The summed E-state index contributed by atoms with van der Waals surface area (Å²) in [6, 6.07) is 0.304. The third kappa shape index (κ3) is 1.89. The number of aryl methyl sites for hydroxylation is 1. The zero-order valence-electron chi connectivity index (χ0n) is 9.04. The van der Waals surface area contributed by atoms with Crippen LogP contribution in [0.2, 0.25) is 0 Å². The van der Waals surface area contributed by atoms with Crippen LogP contribution in [0.1, 0.15) is 25.6 Å². The monoisotopic (exact) mass is 194 g/mol. The summed E-state index contributed by atoms with van der Waals surface area (Å²) in [7, 11) is 0. The van der Waals surface area contributed by atoms with E-state index in [1.807, 2.05) is 11.6 Å². The number of nitrogens with zero attached hydrogens (tertiary/aromatic N) is 2. The molecule has 1 aromatic rings. The number of hydrogen-bond acceptors (Lipinski definition) is 3. The smallest absolute Gasteiger partial charge is 0.148 e. The quantitative estimate of drug-likeness (QED) is 0.720. The lowest BCUT2D eigenvalue weighted by atomic mass is 10.3. The molecular weight excluding hydrogens is 176 g/mol. The Morgan fingerprint density at radius 2 is 2.29 bits per heavy atom. The van der Waals surface area contributed by atoms with E-state index in [1.165, 1.54) is 0 Å². The molecule has 3 N–H and O–H groups in total. The molecule has 0 saturated heterocycles. The molecular formula is C10H18N4. The fourth-order valence-electron chi connectivity index (χ4n) is 1.28. The molecule has 4 heteroatoms. The zero-order valence-corrected chi connectivity index (χ0v) is 9.04. The summed E-state index contributed by atoms with van der Waals surface area (Å²) in [6.45, 7) is 10.4. The van der Waals surface area contributed by atoms with E-state index in [2.05, 4.69) is 30.8 Å². The predicted octanol–water partition coefficient (Wildman–Crippen LogP) is 1.95. The van der Waals surface area contributed by atoms with E-state index >= 15 is 0 Å². The molecule has 0 aliphatic carbocycles. The second kappa shape index (κ2) is 4.17. The van der Waals surface area contributed by atoms with Crippen molar-refractivity contribution in [1.29, 1.82) is 0 Å². The molecule has 0 amide bonds. The van der Waals surface area contributed by atoms with Crippen LogP contribution in [0.4, 0.5) is 11.5 Å². The Bertz CT molecular complexity index is 325. The van der Waals surface area contributed by atoms with E-state index < -0.39 is 0 Å². The molecule has 0 aromatic carbocycles. The van der Waals surface area contributed by atoms with Gasteiger partial charge < -0.3 is 11.1 Å². The minimum absolute atomic E-state index is 0.304. The maximum Gasteiger partial charge on any atom is 0.148 e. The Labute approximate surface area is 84.8 Å². The van der Waals surface area contributed by atoms with Gasteiger partial charge in [-0.05, 0) is 20.8 Å². The van der Waals surface area contributed by atoms with E-state index in [4.69, 9.17) is 5.73 Å². The molecule has 0 unspecified atom stereocenters. The van der Waals surface area contributed by atoms with Crippen molar-refractivity contribution in [3.63, 3.8) is 0 Å². The van der Waals surface area contributed by atoms with Gasteiger partial charge in [0.1, 0.15) is 5.82 Å². The lowest BCUT2D eigenvalue weighted by Gasteiger charge is -2.11. The van der Waals surface area contributed by atoms with Gasteiger partial charge in [0.05, 0.1) is 11.4 Å². The highest BCUT2D eigenvalue weighted by atomic mass is 15.4. The number of nitrogens with one attached hydrogen (secondary N) is 1. The van der Waals surface area contributed by atoms with Gasteiger partial charge in [0.2, 0.25) is 0 Å². The first-order valence-corrected chi connectivity index (χ1v) is 4.77.